The van der Waals surface area contributed by atoms with E-state index in [1.54, 1.807) is 67.6 Å². The van der Waals surface area contributed by atoms with Gasteiger partial charge in [0.2, 0.25) is 0 Å². The van der Waals surface area contributed by atoms with Gasteiger partial charge in [-0.2, -0.15) is 13.5 Å². The van der Waals surface area contributed by atoms with Crippen molar-refractivity contribution in [3.8, 4) is 11.5 Å². The molecule has 0 radical (unpaired) electrons. The van der Waals surface area contributed by atoms with Crippen molar-refractivity contribution in [2.75, 3.05) is 12.9 Å². The minimum absolute atomic E-state index is 0.209. The Hall–Kier alpha value is -1.86. The van der Waals surface area contributed by atoms with E-state index in [1.165, 1.54) is 0 Å². The quantitative estimate of drug-likeness (QED) is 0.523. The Balaban J connectivity index is 2.14. The summed E-state index contributed by atoms with van der Waals surface area (Å²) in [5.74, 6) is 0.705. The summed E-state index contributed by atoms with van der Waals surface area (Å²) in [5.41, 5.74) is 0. The predicted molar refractivity (Wildman–Crippen MR) is 95.1 cm³/mol. The Kier molecular flexibility index (Phi) is 6.61. The molecule has 0 saturated heterocycles. The van der Waals surface area contributed by atoms with Crippen molar-refractivity contribution < 1.29 is 26.2 Å². The van der Waals surface area contributed by atoms with Gasteiger partial charge in [0, 0.05) is 6.04 Å². The van der Waals surface area contributed by atoms with Gasteiger partial charge in [-0.25, -0.2) is 4.57 Å². The van der Waals surface area contributed by atoms with Crippen molar-refractivity contribution >= 4 is 17.9 Å². The third-order valence-corrected chi connectivity index (χ3v) is 5.07. The summed E-state index contributed by atoms with van der Waals surface area (Å²) in [6, 6.07) is 16.5. The minimum atomic E-state index is -3.83. The molecule has 1 atom stereocenters. The van der Waals surface area contributed by atoms with Crippen molar-refractivity contribution in [3.63, 3.8) is 0 Å². The van der Waals surface area contributed by atoms with Gasteiger partial charge in [-0.3, -0.25) is 4.18 Å². The van der Waals surface area contributed by atoms with Crippen LogP contribution in [-0.4, -0.2) is 27.3 Å². The molecule has 2 aromatic rings. The number of benzene rings is 2. The molecule has 0 bridgehead atoms. The van der Waals surface area contributed by atoms with Crippen LogP contribution in [0.25, 0.3) is 0 Å². The summed E-state index contributed by atoms with van der Waals surface area (Å²) < 4.78 is 51.1. The zero-order valence-corrected chi connectivity index (χ0v) is 15.6. The smallest absolute Gasteiger partial charge is 0.405 e. The van der Waals surface area contributed by atoms with E-state index in [1.807, 2.05) is 0 Å². The summed E-state index contributed by atoms with van der Waals surface area (Å²) in [5, 5.41) is 2.68. The molecule has 0 saturated carbocycles. The molecule has 0 aliphatic rings. The van der Waals surface area contributed by atoms with Gasteiger partial charge in [-0.05, 0) is 31.2 Å². The molecule has 0 aromatic heterocycles. The standard InChI is InChI=1S/C16H20NO6PS/c1-14(13-21-25(2,19)20)17-24(18,22-15-9-5-3-6-10-15)23-16-11-7-4-8-12-16/h3-12,14H,13H2,1-2H3,(H,17,18). The van der Waals surface area contributed by atoms with Crippen LogP contribution in [0, 0.1) is 0 Å². The number of para-hydroxylation sites is 2. The summed E-state index contributed by atoms with van der Waals surface area (Å²) >= 11 is 0. The Morgan fingerprint density at radius 1 is 0.960 bits per heavy atom. The van der Waals surface area contributed by atoms with Crippen molar-refractivity contribution in [1.29, 1.82) is 0 Å². The third-order valence-electron chi connectivity index (χ3n) is 2.85. The highest BCUT2D eigenvalue weighted by atomic mass is 32.2. The van der Waals surface area contributed by atoms with Crippen LogP contribution in [0.15, 0.2) is 60.7 Å². The highest BCUT2D eigenvalue weighted by molar-refractivity contribution is 7.85. The average molecular weight is 385 g/mol. The molecule has 0 amide bonds. The lowest BCUT2D eigenvalue weighted by molar-refractivity contribution is 0.280. The Morgan fingerprint density at radius 3 is 1.80 bits per heavy atom. The van der Waals surface area contributed by atoms with Gasteiger partial charge in [-0.15, -0.1) is 0 Å². The molecule has 1 unspecified atom stereocenters. The lowest BCUT2D eigenvalue weighted by Crippen LogP contribution is -2.32. The van der Waals surface area contributed by atoms with Gasteiger partial charge in [0.25, 0.3) is 10.1 Å². The predicted octanol–water partition coefficient (Wildman–Crippen LogP) is 3.21. The van der Waals surface area contributed by atoms with E-state index in [4.69, 9.17) is 13.2 Å². The minimum Gasteiger partial charge on any atom is -0.405 e. The lowest BCUT2D eigenvalue weighted by atomic mass is 10.3. The molecule has 25 heavy (non-hydrogen) atoms. The van der Waals surface area contributed by atoms with Crippen molar-refractivity contribution in [1.82, 2.24) is 5.09 Å². The average Bonchev–Trinajstić information content (AvgIpc) is 2.54. The zero-order chi connectivity index (χ0) is 18.3. The topological polar surface area (TPSA) is 90.9 Å². The SMILES string of the molecule is CC(COS(C)(=O)=O)NP(=O)(Oc1ccccc1)Oc1ccccc1. The second-order valence-corrected chi connectivity index (χ2v) is 8.59. The van der Waals surface area contributed by atoms with Crippen LogP contribution in [-0.2, 0) is 18.9 Å². The molecule has 1 N–H and O–H groups in total. The van der Waals surface area contributed by atoms with Crippen LogP contribution in [0.3, 0.4) is 0 Å². The summed E-state index contributed by atoms with van der Waals surface area (Å²) in [4.78, 5) is 0. The first kappa shape index (κ1) is 19.5. The van der Waals surface area contributed by atoms with E-state index in [0.717, 1.165) is 6.26 Å². The lowest BCUT2D eigenvalue weighted by Gasteiger charge is -2.23. The number of rotatable bonds is 9. The van der Waals surface area contributed by atoms with Gasteiger partial charge >= 0.3 is 7.75 Å². The monoisotopic (exact) mass is 385 g/mol. The van der Waals surface area contributed by atoms with Gasteiger partial charge in [0.15, 0.2) is 0 Å². The van der Waals surface area contributed by atoms with E-state index in [9.17, 15) is 13.0 Å². The fourth-order valence-electron chi connectivity index (χ4n) is 1.84. The maximum Gasteiger partial charge on any atom is 0.513 e. The molecule has 9 heteroatoms. The first-order chi connectivity index (χ1) is 11.8. The van der Waals surface area contributed by atoms with Gasteiger partial charge in [-0.1, -0.05) is 36.4 Å². The third kappa shape index (κ3) is 7.27. The fraction of sp³-hybridized carbons (Fsp3) is 0.250. The van der Waals surface area contributed by atoms with Crippen LogP contribution >= 0.6 is 7.75 Å². The molecule has 0 heterocycles. The highest BCUT2D eigenvalue weighted by Crippen LogP contribution is 2.45. The number of nitrogens with one attached hydrogen (secondary N) is 1. The first-order valence-corrected chi connectivity index (χ1v) is 10.8. The largest absolute Gasteiger partial charge is 0.513 e. The van der Waals surface area contributed by atoms with Crippen molar-refractivity contribution in [2.24, 2.45) is 0 Å². The molecule has 7 nitrogen and oxygen atoms in total. The van der Waals surface area contributed by atoms with Crippen LogP contribution in [0.1, 0.15) is 6.92 Å². The molecule has 0 fully saturated rings. The summed E-state index contributed by atoms with van der Waals surface area (Å²) in [6.07, 6.45) is 0.945. The van der Waals surface area contributed by atoms with Gasteiger partial charge in [0.05, 0.1) is 12.9 Å². The number of hydrogen-bond donors (Lipinski definition) is 1. The molecular weight excluding hydrogens is 365 g/mol. The Morgan fingerprint density at radius 2 is 1.40 bits per heavy atom. The van der Waals surface area contributed by atoms with Crippen LogP contribution in [0.4, 0.5) is 0 Å². The summed E-state index contributed by atoms with van der Waals surface area (Å²) in [6.45, 7) is 1.40. The number of hydrogen-bond acceptors (Lipinski definition) is 6. The highest BCUT2D eigenvalue weighted by Gasteiger charge is 2.31. The van der Waals surface area contributed by atoms with E-state index in [-0.39, 0.29) is 6.61 Å². The van der Waals surface area contributed by atoms with E-state index < -0.39 is 23.9 Å². The molecule has 0 aliphatic heterocycles. The maximum atomic E-state index is 13.1. The van der Waals surface area contributed by atoms with E-state index >= 15 is 0 Å². The Labute approximate surface area is 147 Å². The Bertz CT molecular complexity index is 768. The van der Waals surface area contributed by atoms with E-state index in [2.05, 4.69) is 5.09 Å². The molecule has 0 spiro atoms. The summed E-state index contributed by atoms with van der Waals surface area (Å²) in [7, 11) is -7.43. The first-order valence-electron chi connectivity index (χ1n) is 7.47. The van der Waals surface area contributed by atoms with Crippen LogP contribution in [0.5, 0.6) is 11.5 Å². The van der Waals surface area contributed by atoms with Gasteiger partial charge in [0.1, 0.15) is 11.5 Å². The van der Waals surface area contributed by atoms with Crippen LogP contribution < -0.4 is 14.1 Å². The van der Waals surface area contributed by atoms with Crippen LogP contribution in [0.2, 0.25) is 0 Å². The molecule has 2 rings (SSSR count). The maximum absolute atomic E-state index is 13.1. The van der Waals surface area contributed by atoms with Crippen molar-refractivity contribution in [3.05, 3.63) is 60.7 Å². The molecular formula is C16H20NO6PS. The van der Waals surface area contributed by atoms with Gasteiger partial charge < -0.3 is 9.05 Å². The van der Waals surface area contributed by atoms with E-state index in [0.29, 0.717) is 11.5 Å². The second-order valence-electron chi connectivity index (χ2n) is 5.32. The molecule has 0 aliphatic carbocycles. The second kappa shape index (κ2) is 8.49. The molecule has 136 valence electrons. The fourth-order valence-corrected chi connectivity index (χ4v) is 3.85. The zero-order valence-electron chi connectivity index (χ0n) is 13.9. The van der Waals surface area contributed by atoms with Crippen molar-refractivity contribution in [2.45, 2.75) is 13.0 Å². The normalized spacial score (nSPS) is 13.2. The molecule has 2 aromatic carbocycles.